The second-order valence-corrected chi connectivity index (χ2v) is 3.14. The van der Waals surface area contributed by atoms with Gasteiger partial charge in [-0.15, -0.1) is 0 Å². The molecule has 1 aromatic rings. The Morgan fingerprint density at radius 3 is 3.33 bits per heavy atom. The van der Waals surface area contributed by atoms with Crippen molar-refractivity contribution < 1.29 is 9.52 Å². The fourth-order valence-corrected chi connectivity index (χ4v) is 1.63. The number of likely N-dealkylation sites (N-methyl/N-ethyl adjacent to an activating group) is 1. The molecule has 2 heterocycles. The van der Waals surface area contributed by atoms with E-state index in [0.29, 0.717) is 0 Å². The highest BCUT2D eigenvalue weighted by Crippen LogP contribution is 2.26. The molecule has 1 aliphatic heterocycles. The molecule has 0 amide bonds. The summed E-state index contributed by atoms with van der Waals surface area (Å²) in [5.74, 6) is 0.913. The second-order valence-electron chi connectivity index (χ2n) is 3.14. The van der Waals surface area contributed by atoms with Crippen molar-refractivity contribution in [2.24, 2.45) is 0 Å². The third-order valence-corrected chi connectivity index (χ3v) is 2.38. The van der Waals surface area contributed by atoms with Crippen LogP contribution in [-0.2, 0) is 6.54 Å². The summed E-state index contributed by atoms with van der Waals surface area (Å²) in [6.45, 7) is 4.59. The summed E-state index contributed by atoms with van der Waals surface area (Å²) in [5.41, 5.74) is 0.958. The molecular weight excluding hydrogens is 154 g/mol. The Morgan fingerprint density at radius 2 is 2.58 bits per heavy atom. The van der Waals surface area contributed by atoms with Gasteiger partial charge in [-0.05, 0) is 12.6 Å². The lowest BCUT2D eigenvalue weighted by atomic mass is 10.1. The van der Waals surface area contributed by atoms with Crippen LogP contribution in [0, 0.1) is 0 Å². The van der Waals surface area contributed by atoms with Crippen molar-refractivity contribution in [1.82, 2.24) is 4.90 Å². The van der Waals surface area contributed by atoms with Crippen molar-refractivity contribution in [1.29, 1.82) is 0 Å². The van der Waals surface area contributed by atoms with Crippen LogP contribution in [0.2, 0.25) is 0 Å². The van der Waals surface area contributed by atoms with Crippen LogP contribution in [-0.4, -0.2) is 23.1 Å². The number of nitrogens with zero attached hydrogens (tertiary/aromatic N) is 1. The summed E-state index contributed by atoms with van der Waals surface area (Å²) in [7, 11) is 0. The Balaban J connectivity index is 2.26. The Morgan fingerprint density at radius 1 is 1.75 bits per heavy atom. The first-order valence-corrected chi connectivity index (χ1v) is 4.28. The number of hydrogen-bond donors (Lipinski definition) is 1. The van der Waals surface area contributed by atoms with Crippen LogP contribution < -0.4 is 0 Å². The Labute approximate surface area is 71.6 Å². The molecule has 3 nitrogen and oxygen atoms in total. The maximum absolute atomic E-state index is 9.65. The average Bonchev–Trinajstić information content (AvgIpc) is 2.52. The minimum Gasteiger partial charge on any atom is -0.468 e. The molecule has 12 heavy (non-hydrogen) atoms. The van der Waals surface area contributed by atoms with E-state index in [0.717, 1.165) is 31.0 Å². The van der Waals surface area contributed by atoms with Crippen LogP contribution in [0.15, 0.2) is 16.7 Å². The van der Waals surface area contributed by atoms with Crippen molar-refractivity contribution >= 4 is 0 Å². The second kappa shape index (κ2) is 2.92. The molecule has 2 rings (SSSR count). The van der Waals surface area contributed by atoms with E-state index in [1.807, 2.05) is 6.07 Å². The molecule has 0 spiro atoms. The van der Waals surface area contributed by atoms with Crippen LogP contribution >= 0.6 is 0 Å². The number of aliphatic hydroxyl groups is 1. The molecule has 0 fully saturated rings. The predicted octanol–water partition coefficient (Wildman–Crippen LogP) is 1.15. The third-order valence-electron chi connectivity index (χ3n) is 2.38. The maximum Gasteiger partial charge on any atom is 0.123 e. The summed E-state index contributed by atoms with van der Waals surface area (Å²) < 4.78 is 5.26. The summed E-state index contributed by atoms with van der Waals surface area (Å²) in [6.07, 6.45) is 1.28. The number of fused-ring (bicyclic) bond motifs is 1. The van der Waals surface area contributed by atoms with Crippen LogP contribution in [0.3, 0.4) is 0 Å². The summed E-state index contributed by atoms with van der Waals surface area (Å²) in [6, 6.07) is 1.85. The fourth-order valence-electron chi connectivity index (χ4n) is 1.63. The van der Waals surface area contributed by atoms with E-state index in [-0.39, 0.29) is 6.10 Å². The molecule has 1 aromatic heterocycles. The molecule has 1 unspecified atom stereocenters. The smallest absolute Gasteiger partial charge is 0.123 e. The van der Waals surface area contributed by atoms with Crippen molar-refractivity contribution in [3.63, 3.8) is 0 Å². The number of aliphatic hydroxyl groups excluding tert-OH is 1. The minimum absolute atomic E-state index is 0.368. The van der Waals surface area contributed by atoms with Gasteiger partial charge in [0.25, 0.3) is 0 Å². The van der Waals surface area contributed by atoms with Gasteiger partial charge in [-0.2, -0.15) is 0 Å². The van der Waals surface area contributed by atoms with Crippen LogP contribution in [0.4, 0.5) is 0 Å². The first-order chi connectivity index (χ1) is 5.81. The maximum atomic E-state index is 9.65. The van der Waals surface area contributed by atoms with E-state index < -0.39 is 0 Å². The number of furan rings is 1. The van der Waals surface area contributed by atoms with Crippen molar-refractivity contribution in [2.75, 3.05) is 13.1 Å². The van der Waals surface area contributed by atoms with Gasteiger partial charge in [0, 0.05) is 12.1 Å². The van der Waals surface area contributed by atoms with E-state index in [4.69, 9.17) is 4.42 Å². The minimum atomic E-state index is -0.368. The number of β-amino-alcohol motifs (C(OH)–C–C–N with tert-alkyl or cyclic N) is 1. The van der Waals surface area contributed by atoms with E-state index in [9.17, 15) is 5.11 Å². The van der Waals surface area contributed by atoms with E-state index in [2.05, 4.69) is 11.8 Å². The molecular formula is C9H13NO2. The first kappa shape index (κ1) is 7.83. The Hall–Kier alpha value is -0.800. The van der Waals surface area contributed by atoms with Gasteiger partial charge in [0.05, 0.1) is 18.9 Å². The molecule has 1 aliphatic rings. The van der Waals surface area contributed by atoms with Crippen molar-refractivity contribution in [2.45, 2.75) is 19.6 Å². The van der Waals surface area contributed by atoms with Gasteiger partial charge >= 0.3 is 0 Å². The molecule has 0 aliphatic carbocycles. The Kier molecular flexibility index (Phi) is 1.90. The number of hydrogen-bond acceptors (Lipinski definition) is 3. The zero-order chi connectivity index (χ0) is 8.55. The predicted molar refractivity (Wildman–Crippen MR) is 44.6 cm³/mol. The monoisotopic (exact) mass is 167 g/mol. The van der Waals surface area contributed by atoms with Gasteiger partial charge in [-0.3, -0.25) is 4.90 Å². The third kappa shape index (κ3) is 1.15. The normalized spacial score (nSPS) is 24.0. The van der Waals surface area contributed by atoms with E-state index >= 15 is 0 Å². The van der Waals surface area contributed by atoms with Crippen LogP contribution in [0.25, 0.3) is 0 Å². The van der Waals surface area contributed by atoms with Gasteiger partial charge in [-0.25, -0.2) is 0 Å². The lowest BCUT2D eigenvalue weighted by Crippen LogP contribution is -2.32. The fraction of sp³-hybridized carbons (Fsp3) is 0.556. The molecule has 0 saturated carbocycles. The summed E-state index contributed by atoms with van der Waals surface area (Å²) in [5, 5.41) is 9.65. The van der Waals surface area contributed by atoms with E-state index in [1.54, 1.807) is 6.26 Å². The molecule has 66 valence electrons. The van der Waals surface area contributed by atoms with Gasteiger partial charge < -0.3 is 9.52 Å². The van der Waals surface area contributed by atoms with Crippen molar-refractivity contribution in [3.8, 4) is 0 Å². The topological polar surface area (TPSA) is 36.6 Å². The lowest BCUT2D eigenvalue weighted by molar-refractivity contribution is 0.0879. The largest absolute Gasteiger partial charge is 0.468 e. The quantitative estimate of drug-likeness (QED) is 0.681. The highest BCUT2D eigenvalue weighted by atomic mass is 16.3. The summed E-state index contributed by atoms with van der Waals surface area (Å²) in [4.78, 5) is 2.16. The van der Waals surface area contributed by atoms with Crippen molar-refractivity contribution in [3.05, 3.63) is 23.7 Å². The highest BCUT2D eigenvalue weighted by Gasteiger charge is 2.24. The van der Waals surface area contributed by atoms with Gasteiger partial charge in [-0.1, -0.05) is 6.92 Å². The standard InChI is InChI=1S/C9H13NO2/c1-2-10-5-8(11)7-3-4-12-9(7)6-10/h3-4,8,11H,2,5-6H2,1H3. The zero-order valence-electron chi connectivity index (χ0n) is 7.16. The van der Waals surface area contributed by atoms with Gasteiger partial charge in [0.15, 0.2) is 0 Å². The van der Waals surface area contributed by atoms with Crippen LogP contribution in [0.5, 0.6) is 0 Å². The van der Waals surface area contributed by atoms with E-state index in [1.165, 1.54) is 0 Å². The first-order valence-electron chi connectivity index (χ1n) is 4.28. The Bertz CT molecular complexity index is 269. The van der Waals surface area contributed by atoms with Gasteiger partial charge in [0.1, 0.15) is 5.76 Å². The molecule has 0 bridgehead atoms. The number of rotatable bonds is 1. The molecule has 0 saturated heterocycles. The average molecular weight is 167 g/mol. The van der Waals surface area contributed by atoms with Gasteiger partial charge in [0.2, 0.25) is 0 Å². The molecule has 3 heteroatoms. The van der Waals surface area contributed by atoms with Crippen LogP contribution in [0.1, 0.15) is 24.4 Å². The highest BCUT2D eigenvalue weighted by molar-refractivity contribution is 5.22. The molecule has 0 aromatic carbocycles. The summed E-state index contributed by atoms with van der Waals surface area (Å²) >= 11 is 0. The molecule has 1 N–H and O–H groups in total. The zero-order valence-corrected chi connectivity index (χ0v) is 7.16. The molecule has 1 atom stereocenters. The molecule has 0 radical (unpaired) electrons. The SMILES string of the molecule is CCN1Cc2occc2C(O)C1. The lowest BCUT2D eigenvalue weighted by Gasteiger charge is -2.27.